The number of carbonyl (C=O) groups excluding carboxylic acids is 1. The summed E-state index contributed by atoms with van der Waals surface area (Å²) in [5, 5.41) is -1.30. The molecule has 0 saturated carbocycles. The Hall–Kier alpha value is -1.80. The van der Waals surface area contributed by atoms with Gasteiger partial charge in [-0.15, -0.1) is 0 Å². The van der Waals surface area contributed by atoms with Gasteiger partial charge in [0.2, 0.25) is 10.0 Å². The van der Waals surface area contributed by atoms with Gasteiger partial charge in [0.1, 0.15) is 12.4 Å². The number of esters is 1. The first-order valence-electron chi connectivity index (χ1n) is 5.93. The monoisotopic (exact) mass is 302 g/mol. The number of hydrogen-bond donors (Lipinski definition) is 2. The Labute approximate surface area is 118 Å². The van der Waals surface area contributed by atoms with Crippen LogP contribution in [0.15, 0.2) is 24.3 Å². The maximum Gasteiger partial charge on any atom is 0.325 e. The average molecular weight is 302 g/mol. The Bertz CT molecular complexity index is 559. The number of nitrogens with one attached hydrogen (secondary N) is 1. The lowest BCUT2D eigenvalue weighted by molar-refractivity contribution is -0.139. The van der Waals surface area contributed by atoms with E-state index in [2.05, 4.69) is 9.46 Å². The number of ether oxygens (including phenoxy) is 2. The van der Waals surface area contributed by atoms with Crippen molar-refractivity contribution in [1.82, 2.24) is 0 Å². The quantitative estimate of drug-likeness (QED) is 0.703. The molecule has 0 aliphatic carbocycles. The summed E-state index contributed by atoms with van der Waals surface area (Å²) < 4.78 is 35.9. The van der Waals surface area contributed by atoms with Crippen LogP contribution in [0, 0.1) is 0 Å². The topological polar surface area (TPSA) is 108 Å². The van der Waals surface area contributed by atoms with Gasteiger partial charge in [0.05, 0.1) is 12.8 Å². The molecular weight excluding hydrogens is 284 g/mol. The zero-order valence-electron chi connectivity index (χ0n) is 11.3. The third-order valence-electron chi connectivity index (χ3n) is 2.48. The molecule has 0 aliphatic rings. The normalized spacial score (nSPS) is 12.6. The van der Waals surface area contributed by atoms with Crippen molar-refractivity contribution < 1.29 is 22.7 Å². The second-order valence-corrected chi connectivity index (χ2v) is 5.98. The summed E-state index contributed by atoms with van der Waals surface area (Å²) in [6.07, 6.45) is 0. The minimum Gasteiger partial charge on any atom is -0.492 e. The third-order valence-corrected chi connectivity index (χ3v) is 4.12. The molecular formula is C12H18N2O5S. The van der Waals surface area contributed by atoms with Crippen molar-refractivity contribution in [1.29, 1.82) is 0 Å². The third kappa shape index (κ3) is 4.39. The lowest BCUT2D eigenvalue weighted by atomic mass is 10.3. The van der Waals surface area contributed by atoms with Crippen molar-refractivity contribution in [2.24, 2.45) is 5.73 Å². The number of anilines is 1. The molecule has 0 fully saturated rings. The summed E-state index contributed by atoms with van der Waals surface area (Å²) in [4.78, 5) is 11.3. The van der Waals surface area contributed by atoms with Crippen molar-refractivity contribution in [2.45, 2.75) is 12.2 Å². The second-order valence-electron chi connectivity index (χ2n) is 3.98. The largest absolute Gasteiger partial charge is 0.492 e. The molecule has 0 radical (unpaired) electrons. The molecule has 0 saturated heterocycles. The van der Waals surface area contributed by atoms with Crippen LogP contribution in [-0.4, -0.2) is 39.9 Å². The Morgan fingerprint density at radius 2 is 2.15 bits per heavy atom. The molecule has 1 aromatic carbocycles. The van der Waals surface area contributed by atoms with Crippen molar-refractivity contribution >= 4 is 21.7 Å². The minimum absolute atomic E-state index is 0.301. The molecule has 1 atom stereocenters. The molecule has 1 rings (SSSR count). The number of carbonyl (C=O) groups is 1. The summed E-state index contributed by atoms with van der Waals surface area (Å²) in [5.41, 5.74) is 5.62. The van der Waals surface area contributed by atoms with Crippen LogP contribution >= 0.6 is 0 Å². The number of methoxy groups -OCH3 is 1. The number of nitrogens with two attached hydrogens (primary N) is 1. The van der Waals surface area contributed by atoms with E-state index in [9.17, 15) is 13.2 Å². The first-order chi connectivity index (χ1) is 9.40. The minimum atomic E-state index is -3.87. The molecule has 1 unspecified atom stereocenters. The smallest absolute Gasteiger partial charge is 0.325 e. The molecule has 0 heterocycles. The van der Waals surface area contributed by atoms with Crippen LogP contribution in [0.1, 0.15) is 6.92 Å². The molecule has 8 heteroatoms. The predicted octanol–water partition coefficient (Wildman–Crippen LogP) is 0.327. The van der Waals surface area contributed by atoms with E-state index in [1.165, 1.54) is 13.0 Å². The van der Waals surface area contributed by atoms with Crippen LogP contribution < -0.4 is 15.2 Å². The number of hydrogen-bond acceptors (Lipinski definition) is 6. The van der Waals surface area contributed by atoms with E-state index in [-0.39, 0.29) is 0 Å². The SMILES string of the molecule is COC(=O)C(C)S(=O)(=O)Nc1cccc(OCCN)c1. The molecule has 0 amide bonds. The fourth-order valence-electron chi connectivity index (χ4n) is 1.37. The highest BCUT2D eigenvalue weighted by atomic mass is 32.2. The number of sulfonamides is 1. The molecule has 7 nitrogen and oxygen atoms in total. The van der Waals surface area contributed by atoms with Gasteiger partial charge in [0, 0.05) is 12.6 Å². The Kier molecular flexibility index (Phi) is 5.78. The van der Waals surface area contributed by atoms with Gasteiger partial charge in [-0.25, -0.2) is 8.42 Å². The first kappa shape index (κ1) is 16.3. The van der Waals surface area contributed by atoms with Crippen molar-refractivity contribution in [3.63, 3.8) is 0 Å². The second kappa shape index (κ2) is 7.11. The van der Waals surface area contributed by atoms with Gasteiger partial charge in [0.25, 0.3) is 0 Å². The standard InChI is InChI=1S/C12H18N2O5S/c1-9(12(15)18-2)20(16,17)14-10-4-3-5-11(8-10)19-7-6-13/h3-5,8-9,14H,6-7,13H2,1-2H3. The van der Waals surface area contributed by atoms with E-state index in [1.54, 1.807) is 18.2 Å². The highest BCUT2D eigenvalue weighted by Gasteiger charge is 2.28. The summed E-state index contributed by atoms with van der Waals surface area (Å²) in [7, 11) is -2.73. The number of rotatable bonds is 7. The van der Waals surface area contributed by atoms with Crippen molar-refractivity contribution in [2.75, 3.05) is 25.0 Å². The Morgan fingerprint density at radius 1 is 1.45 bits per heavy atom. The van der Waals surface area contributed by atoms with E-state index in [0.29, 0.717) is 24.6 Å². The van der Waals surface area contributed by atoms with E-state index in [4.69, 9.17) is 10.5 Å². The molecule has 112 valence electrons. The van der Waals surface area contributed by atoms with Crippen LogP contribution in [0.4, 0.5) is 5.69 Å². The summed E-state index contributed by atoms with van der Waals surface area (Å²) >= 11 is 0. The fourth-order valence-corrected chi connectivity index (χ4v) is 2.35. The van der Waals surface area contributed by atoms with Crippen LogP contribution in [0.5, 0.6) is 5.75 Å². The van der Waals surface area contributed by atoms with E-state index < -0.39 is 21.2 Å². The van der Waals surface area contributed by atoms with Crippen LogP contribution in [0.2, 0.25) is 0 Å². The van der Waals surface area contributed by atoms with Crippen LogP contribution in [0.25, 0.3) is 0 Å². The highest BCUT2D eigenvalue weighted by molar-refractivity contribution is 7.94. The van der Waals surface area contributed by atoms with Crippen LogP contribution in [0.3, 0.4) is 0 Å². The van der Waals surface area contributed by atoms with Gasteiger partial charge in [-0.2, -0.15) is 0 Å². The van der Waals surface area contributed by atoms with Crippen molar-refractivity contribution in [3.05, 3.63) is 24.3 Å². The summed E-state index contributed by atoms with van der Waals surface area (Å²) in [5.74, 6) is -0.339. The lowest BCUT2D eigenvalue weighted by Crippen LogP contribution is -2.33. The highest BCUT2D eigenvalue weighted by Crippen LogP contribution is 2.19. The molecule has 3 N–H and O–H groups in total. The molecule has 0 spiro atoms. The van der Waals surface area contributed by atoms with Gasteiger partial charge in [-0.3, -0.25) is 9.52 Å². The lowest BCUT2D eigenvalue weighted by Gasteiger charge is -2.13. The molecule has 0 aliphatic heterocycles. The molecule has 0 bridgehead atoms. The predicted molar refractivity (Wildman–Crippen MR) is 75.0 cm³/mol. The summed E-state index contributed by atoms with van der Waals surface area (Å²) in [6, 6.07) is 6.37. The molecule has 1 aromatic rings. The van der Waals surface area contributed by atoms with Gasteiger partial charge in [-0.1, -0.05) is 6.07 Å². The summed E-state index contributed by atoms with van der Waals surface area (Å²) in [6.45, 7) is 1.94. The van der Waals surface area contributed by atoms with Gasteiger partial charge in [-0.05, 0) is 19.1 Å². The number of benzene rings is 1. The maximum atomic E-state index is 12.0. The van der Waals surface area contributed by atoms with Gasteiger partial charge >= 0.3 is 5.97 Å². The van der Waals surface area contributed by atoms with Gasteiger partial charge in [0.15, 0.2) is 5.25 Å². The Balaban J connectivity index is 2.84. The van der Waals surface area contributed by atoms with Crippen LogP contribution in [-0.2, 0) is 19.6 Å². The van der Waals surface area contributed by atoms with Crippen molar-refractivity contribution in [3.8, 4) is 5.75 Å². The molecule has 0 aromatic heterocycles. The van der Waals surface area contributed by atoms with E-state index in [0.717, 1.165) is 7.11 Å². The van der Waals surface area contributed by atoms with Gasteiger partial charge < -0.3 is 15.2 Å². The Morgan fingerprint density at radius 3 is 2.75 bits per heavy atom. The first-order valence-corrected chi connectivity index (χ1v) is 7.47. The zero-order chi connectivity index (χ0) is 15.2. The maximum absolute atomic E-state index is 12.0. The van der Waals surface area contributed by atoms with E-state index >= 15 is 0 Å². The molecule has 20 heavy (non-hydrogen) atoms. The average Bonchev–Trinajstić information content (AvgIpc) is 2.43. The zero-order valence-corrected chi connectivity index (χ0v) is 12.1. The fraction of sp³-hybridized carbons (Fsp3) is 0.417. The van der Waals surface area contributed by atoms with E-state index in [1.807, 2.05) is 0 Å².